The Morgan fingerprint density at radius 3 is 2.74 bits per heavy atom. The van der Waals surface area contributed by atoms with E-state index in [4.69, 9.17) is 4.74 Å². The van der Waals surface area contributed by atoms with E-state index < -0.39 is 0 Å². The molecule has 0 aliphatic heterocycles. The zero-order valence-corrected chi connectivity index (χ0v) is 11.4. The van der Waals surface area contributed by atoms with Gasteiger partial charge in [-0.05, 0) is 42.7 Å². The van der Waals surface area contributed by atoms with Crippen molar-refractivity contribution in [3.8, 4) is 5.75 Å². The number of ketones is 1. The number of nitrogens with zero attached hydrogens (tertiary/aromatic N) is 1. The Labute approximate surface area is 113 Å². The third kappa shape index (κ3) is 3.19. The van der Waals surface area contributed by atoms with Crippen LogP contribution in [0.3, 0.4) is 0 Å². The minimum Gasteiger partial charge on any atom is -0.497 e. The first-order chi connectivity index (χ1) is 9.10. The van der Waals surface area contributed by atoms with Crippen LogP contribution < -0.4 is 4.74 Å². The molecule has 3 heteroatoms. The third-order valence-corrected chi connectivity index (χ3v) is 2.98. The number of hydrogen-bond donors (Lipinski definition) is 0. The summed E-state index contributed by atoms with van der Waals surface area (Å²) in [6.45, 7) is 3.88. The molecule has 1 aromatic heterocycles. The highest BCUT2D eigenvalue weighted by Gasteiger charge is 2.12. The van der Waals surface area contributed by atoms with Gasteiger partial charge in [0.25, 0.3) is 0 Å². The number of benzene rings is 1. The van der Waals surface area contributed by atoms with Gasteiger partial charge in [-0.1, -0.05) is 18.2 Å². The summed E-state index contributed by atoms with van der Waals surface area (Å²) in [6, 6.07) is 9.53. The van der Waals surface area contributed by atoms with Crippen LogP contribution >= 0.6 is 0 Å². The number of carbonyl (C=O) groups is 1. The Morgan fingerprint density at radius 2 is 2.05 bits per heavy atom. The average molecular weight is 255 g/mol. The highest BCUT2D eigenvalue weighted by molar-refractivity contribution is 5.97. The Morgan fingerprint density at radius 1 is 1.26 bits per heavy atom. The van der Waals surface area contributed by atoms with Crippen molar-refractivity contribution < 1.29 is 9.53 Å². The number of aryl methyl sites for hydroxylation is 2. The van der Waals surface area contributed by atoms with Gasteiger partial charge in [-0.25, -0.2) is 0 Å². The molecule has 98 valence electrons. The van der Waals surface area contributed by atoms with Crippen LogP contribution in [0.25, 0.3) is 0 Å². The van der Waals surface area contributed by atoms with E-state index in [1.54, 1.807) is 13.3 Å². The first-order valence-electron chi connectivity index (χ1n) is 6.19. The van der Waals surface area contributed by atoms with Gasteiger partial charge in [0.15, 0.2) is 5.78 Å². The van der Waals surface area contributed by atoms with Crippen molar-refractivity contribution in [1.82, 2.24) is 4.98 Å². The second kappa shape index (κ2) is 5.65. The molecule has 0 saturated heterocycles. The third-order valence-electron chi connectivity index (χ3n) is 2.98. The summed E-state index contributed by atoms with van der Waals surface area (Å²) in [5, 5.41) is 0. The number of methoxy groups -OCH3 is 1. The molecule has 0 fully saturated rings. The summed E-state index contributed by atoms with van der Waals surface area (Å²) in [5.41, 5.74) is 3.47. The first kappa shape index (κ1) is 13.3. The van der Waals surface area contributed by atoms with E-state index in [0.29, 0.717) is 12.1 Å². The van der Waals surface area contributed by atoms with Crippen LogP contribution in [0.1, 0.15) is 27.2 Å². The Hall–Kier alpha value is -2.16. The molecule has 0 saturated carbocycles. The topological polar surface area (TPSA) is 39.2 Å². The molecule has 0 amide bonds. The van der Waals surface area contributed by atoms with Crippen LogP contribution in [-0.4, -0.2) is 17.9 Å². The van der Waals surface area contributed by atoms with Crippen LogP contribution in [0.5, 0.6) is 5.75 Å². The molecule has 3 nitrogen and oxygen atoms in total. The number of ether oxygens (including phenoxy) is 1. The number of hydrogen-bond acceptors (Lipinski definition) is 3. The predicted octanol–water partition coefficient (Wildman–Crippen LogP) is 3.13. The zero-order chi connectivity index (χ0) is 13.8. The smallest absolute Gasteiger partial charge is 0.185 e. The number of pyridine rings is 1. The van der Waals surface area contributed by atoms with Gasteiger partial charge in [0.2, 0.25) is 0 Å². The second-order valence-corrected chi connectivity index (χ2v) is 4.63. The summed E-state index contributed by atoms with van der Waals surface area (Å²) >= 11 is 0. The maximum Gasteiger partial charge on any atom is 0.185 e. The van der Waals surface area contributed by atoms with Crippen LogP contribution in [0.2, 0.25) is 0 Å². The molecule has 2 aromatic rings. The van der Waals surface area contributed by atoms with E-state index in [2.05, 4.69) is 4.98 Å². The van der Waals surface area contributed by atoms with Crippen molar-refractivity contribution in [2.75, 3.05) is 7.11 Å². The first-order valence-corrected chi connectivity index (χ1v) is 6.19. The second-order valence-electron chi connectivity index (χ2n) is 4.63. The summed E-state index contributed by atoms with van der Waals surface area (Å²) < 4.78 is 5.15. The van der Waals surface area contributed by atoms with Gasteiger partial charge >= 0.3 is 0 Å². The lowest BCUT2D eigenvalue weighted by Crippen LogP contribution is -2.08. The van der Waals surface area contributed by atoms with Gasteiger partial charge < -0.3 is 4.74 Å². The summed E-state index contributed by atoms with van der Waals surface area (Å²) in [4.78, 5) is 16.5. The van der Waals surface area contributed by atoms with Gasteiger partial charge in [-0.3, -0.25) is 9.78 Å². The lowest BCUT2D eigenvalue weighted by Gasteiger charge is -2.06. The van der Waals surface area contributed by atoms with Gasteiger partial charge in [-0.15, -0.1) is 0 Å². The molecule has 0 spiro atoms. The lowest BCUT2D eigenvalue weighted by molar-refractivity contribution is 0.0987. The number of carbonyl (C=O) groups excluding carboxylic acids is 1. The average Bonchev–Trinajstić information content (AvgIpc) is 2.38. The van der Waals surface area contributed by atoms with E-state index in [-0.39, 0.29) is 5.78 Å². The lowest BCUT2D eigenvalue weighted by atomic mass is 10.0. The molecule has 1 heterocycles. The summed E-state index contributed by atoms with van der Waals surface area (Å²) in [5.74, 6) is 0.796. The standard InChI is InChI=1S/C16H17NO2/c1-11-7-12(2)16(17-10-11)15(18)9-13-5-4-6-14(8-13)19-3/h4-8,10H,9H2,1-3H3. The molecule has 0 atom stereocenters. The minimum absolute atomic E-state index is 0.0331. The van der Waals surface area contributed by atoms with E-state index in [1.165, 1.54) is 0 Å². The molecule has 0 bridgehead atoms. The molecule has 0 aliphatic rings. The molecule has 0 aliphatic carbocycles. The van der Waals surface area contributed by atoms with Crippen molar-refractivity contribution in [2.24, 2.45) is 0 Å². The van der Waals surface area contributed by atoms with Crippen LogP contribution in [-0.2, 0) is 6.42 Å². The van der Waals surface area contributed by atoms with Gasteiger partial charge in [-0.2, -0.15) is 0 Å². The van der Waals surface area contributed by atoms with Crippen molar-refractivity contribution in [1.29, 1.82) is 0 Å². The molecule has 0 radical (unpaired) electrons. The van der Waals surface area contributed by atoms with Crippen molar-refractivity contribution >= 4 is 5.78 Å². The maximum absolute atomic E-state index is 12.2. The van der Waals surface area contributed by atoms with Crippen molar-refractivity contribution in [3.05, 3.63) is 58.9 Å². The van der Waals surface area contributed by atoms with Crippen LogP contribution in [0.15, 0.2) is 36.5 Å². The molecular formula is C16H17NO2. The van der Waals surface area contributed by atoms with Crippen LogP contribution in [0.4, 0.5) is 0 Å². The van der Waals surface area contributed by atoms with E-state index in [0.717, 1.165) is 22.4 Å². The molecule has 0 unspecified atom stereocenters. The number of aromatic nitrogens is 1. The Balaban J connectivity index is 2.20. The minimum atomic E-state index is 0.0331. The fraction of sp³-hybridized carbons (Fsp3) is 0.250. The van der Waals surface area contributed by atoms with Gasteiger partial charge in [0.05, 0.1) is 7.11 Å². The fourth-order valence-electron chi connectivity index (χ4n) is 2.06. The highest BCUT2D eigenvalue weighted by atomic mass is 16.5. The normalized spacial score (nSPS) is 10.3. The summed E-state index contributed by atoms with van der Waals surface area (Å²) in [6.07, 6.45) is 2.07. The van der Waals surface area contributed by atoms with E-state index in [1.807, 2.05) is 44.2 Å². The van der Waals surface area contributed by atoms with E-state index in [9.17, 15) is 4.79 Å². The fourth-order valence-corrected chi connectivity index (χ4v) is 2.06. The predicted molar refractivity (Wildman–Crippen MR) is 74.7 cm³/mol. The molecule has 1 aromatic carbocycles. The molecular weight excluding hydrogens is 238 g/mol. The highest BCUT2D eigenvalue weighted by Crippen LogP contribution is 2.15. The molecule has 2 rings (SSSR count). The Bertz CT molecular complexity index is 605. The quantitative estimate of drug-likeness (QED) is 0.788. The number of Topliss-reactive ketones (excluding diaryl/α,β-unsaturated/α-hetero) is 1. The van der Waals surface area contributed by atoms with Crippen molar-refractivity contribution in [2.45, 2.75) is 20.3 Å². The largest absolute Gasteiger partial charge is 0.497 e. The summed E-state index contributed by atoms with van der Waals surface area (Å²) in [7, 11) is 1.62. The monoisotopic (exact) mass is 255 g/mol. The maximum atomic E-state index is 12.2. The molecule has 19 heavy (non-hydrogen) atoms. The number of rotatable bonds is 4. The van der Waals surface area contributed by atoms with Crippen molar-refractivity contribution in [3.63, 3.8) is 0 Å². The van der Waals surface area contributed by atoms with E-state index >= 15 is 0 Å². The Kier molecular flexibility index (Phi) is 3.95. The van der Waals surface area contributed by atoms with Gasteiger partial charge in [0, 0.05) is 12.6 Å². The van der Waals surface area contributed by atoms with Gasteiger partial charge in [0.1, 0.15) is 11.4 Å². The SMILES string of the molecule is COc1cccc(CC(=O)c2ncc(C)cc2C)c1. The molecule has 0 N–H and O–H groups in total. The zero-order valence-electron chi connectivity index (χ0n) is 11.4. The van der Waals surface area contributed by atoms with Crippen LogP contribution in [0, 0.1) is 13.8 Å².